The van der Waals surface area contributed by atoms with E-state index in [2.05, 4.69) is 148 Å². The molecule has 0 spiro atoms. The van der Waals surface area contributed by atoms with E-state index in [-0.39, 0.29) is 0 Å². The first kappa shape index (κ1) is 20.9. The van der Waals surface area contributed by atoms with Crippen LogP contribution in [-0.2, 0) is 0 Å². The lowest BCUT2D eigenvalue weighted by molar-refractivity contribution is 1.17. The van der Waals surface area contributed by atoms with E-state index in [9.17, 15) is 0 Å². The lowest BCUT2D eigenvalue weighted by atomic mass is 9.84. The molecule has 38 heavy (non-hydrogen) atoms. The Morgan fingerprint density at radius 1 is 0.421 bits per heavy atom. The third kappa shape index (κ3) is 2.51. The lowest BCUT2D eigenvalue weighted by Gasteiger charge is -2.19. The lowest BCUT2D eigenvalue weighted by Crippen LogP contribution is -1.97. The van der Waals surface area contributed by atoms with Gasteiger partial charge in [-0.3, -0.25) is 0 Å². The first-order chi connectivity index (χ1) is 18.8. The fourth-order valence-electron chi connectivity index (χ4n) is 6.94. The maximum atomic E-state index is 2.47. The summed E-state index contributed by atoms with van der Waals surface area (Å²) < 4.78 is 3.72. The molecule has 0 bridgehead atoms. The normalized spacial score (nSPS) is 12.3. The maximum absolute atomic E-state index is 2.47. The molecule has 0 radical (unpaired) electrons. The van der Waals surface area contributed by atoms with E-state index in [4.69, 9.17) is 0 Å². The Balaban J connectivity index is 1.64. The van der Waals surface area contributed by atoms with Crippen LogP contribution in [-0.4, -0.2) is 4.57 Å². The molecule has 1 nitrogen and oxygen atoms in total. The SMILES string of the molecule is Ic1ccccc1-n1c2cccc3c2c2c4c(cccc4ccc21)-c1c-3c2ccccc2c2ccccc12. The summed E-state index contributed by atoms with van der Waals surface area (Å²) in [5.74, 6) is 0. The Hall–Kier alpha value is -4.15. The van der Waals surface area contributed by atoms with Gasteiger partial charge >= 0.3 is 0 Å². The van der Waals surface area contributed by atoms with Crippen molar-refractivity contribution in [3.05, 3.63) is 125 Å². The summed E-state index contributed by atoms with van der Waals surface area (Å²) in [5.41, 5.74) is 9.08. The highest BCUT2D eigenvalue weighted by Crippen LogP contribution is 2.53. The zero-order valence-corrected chi connectivity index (χ0v) is 22.5. The van der Waals surface area contributed by atoms with Gasteiger partial charge in [0.2, 0.25) is 0 Å². The molecule has 1 aliphatic rings. The van der Waals surface area contributed by atoms with Crippen molar-refractivity contribution in [3.63, 3.8) is 0 Å². The Morgan fingerprint density at radius 2 is 1.00 bits per heavy atom. The highest BCUT2D eigenvalue weighted by molar-refractivity contribution is 14.1. The van der Waals surface area contributed by atoms with Gasteiger partial charge in [-0.2, -0.15) is 0 Å². The predicted molar refractivity (Wildman–Crippen MR) is 170 cm³/mol. The number of hydrogen-bond acceptors (Lipinski definition) is 0. The van der Waals surface area contributed by atoms with Crippen molar-refractivity contribution in [3.8, 4) is 27.9 Å². The number of aromatic nitrogens is 1. The Kier molecular flexibility index (Phi) is 4.09. The number of benzene rings is 7. The quantitative estimate of drug-likeness (QED) is 0.132. The van der Waals surface area contributed by atoms with Gasteiger partial charge in [0.1, 0.15) is 0 Å². The molecular formula is C36H20IN. The highest BCUT2D eigenvalue weighted by Gasteiger charge is 2.27. The number of halogens is 1. The average Bonchev–Trinajstić information content (AvgIpc) is 3.24. The van der Waals surface area contributed by atoms with E-state index < -0.39 is 0 Å². The Bertz CT molecular complexity index is 2300. The van der Waals surface area contributed by atoms with Gasteiger partial charge in [0, 0.05) is 14.3 Å². The molecule has 0 N–H and O–H groups in total. The molecule has 7 aromatic carbocycles. The van der Waals surface area contributed by atoms with Gasteiger partial charge in [0.05, 0.1) is 16.7 Å². The van der Waals surface area contributed by atoms with Crippen molar-refractivity contribution in [1.29, 1.82) is 0 Å². The fourth-order valence-corrected chi connectivity index (χ4v) is 7.57. The average molecular weight is 593 g/mol. The van der Waals surface area contributed by atoms with Crippen LogP contribution in [0.25, 0.3) is 82.1 Å². The molecule has 9 rings (SSSR count). The molecule has 0 atom stereocenters. The minimum absolute atomic E-state index is 1.23. The van der Waals surface area contributed by atoms with Crippen LogP contribution < -0.4 is 0 Å². The third-order valence-corrected chi connectivity index (χ3v) is 9.28. The topological polar surface area (TPSA) is 4.93 Å². The Morgan fingerprint density at radius 3 is 1.71 bits per heavy atom. The summed E-state index contributed by atoms with van der Waals surface area (Å²) in [6, 6.07) is 44.9. The van der Waals surface area contributed by atoms with Gasteiger partial charge < -0.3 is 4.57 Å². The van der Waals surface area contributed by atoms with Crippen molar-refractivity contribution in [2.24, 2.45) is 0 Å². The Labute approximate surface area is 233 Å². The van der Waals surface area contributed by atoms with Crippen molar-refractivity contribution < 1.29 is 0 Å². The van der Waals surface area contributed by atoms with Crippen LogP contribution in [0.2, 0.25) is 0 Å². The summed E-state index contributed by atoms with van der Waals surface area (Å²) in [6.07, 6.45) is 0. The van der Waals surface area contributed by atoms with E-state index >= 15 is 0 Å². The second-order valence-corrected chi connectivity index (χ2v) is 11.4. The number of rotatable bonds is 1. The molecule has 0 saturated heterocycles. The second kappa shape index (κ2) is 7.46. The van der Waals surface area contributed by atoms with Gasteiger partial charge in [-0.05, 0) is 101 Å². The molecule has 1 heterocycles. The number of nitrogens with zero attached hydrogens (tertiary/aromatic N) is 1. The van der Waals surface area contributed by atoms with Crippen molar-refractivity contribution in [2.75, 3.05) is 0 Å². The summed E-state index contributed by atoms with van der Waals surface area (Å²) in [6.45, 7) is 0. The van der Waals surface area contributed by atoms with Gasteiger partial charge in [-0.1, -0.05) is 97.1 Å². The van der Waals surface area contributed by atoms with Crippen molar-refractivity contribution in [1.82, 2.24) is 4.57 Å². The van der Waals surface area contributed by atoms with Crippen LogP contribution in [0.5, 0.6) is 0 Å². The number of hydrogen-bond donors (Lipinski definition) is 0. The van der Waals surface area contributed by atoms with Crippen LogP contribution in [0, 0.1) is 3.57 Å². The number of para-hydroxylation sites is 1. The minimum Gasteiger partial charge on any atom is -0.308 e. The van der Waals surface area contributed by atoms with Gasteiger partial charge in [0.15, 0.2) is 0 Å². The van der Waals surface area contributed by atoms with E-state index in [0.29, 0.717) is 0 Å². The molecule has 1 aliphatic carbocycles. The van der Waals surface area contributed by atoms with Gasteiger partial charge in [0.25, 0.3) is 0 Å². The molecular weight excluding hydrogens is 573 g/mol. The first-order valence-corrected chi connectivity index (χ1v) is 14.1. The van der Waals surface area contributed by atoms with E-state index in [0.717, 1.165) is 0 Å². The molecule has 0 aliphatic heterocycles. The monoisotopic (exact) mass is 593 g/mol. The first-order valence-electron chi connectivity index (χ1n) is 13.0. The summed E-state index contributed by atoms with van der Waals surface area (Å²) in [7, 11) is 0. The molecule has 0 amide bonds. The van der Waals surface area contributed by atoms with E-state index in [1.807, 2.05) is 0 Å². The molecule has 2 heteroatoms. The van der Waals surface area contributed by atoms with Crippen LogP contribution in [0.1, 0.15) is 0 Å². The summed E-state index contributed by atoms with van der Waals surface area (Å²) in [4.78, 5) is 0. The minimum atomic E-state index is 1.23. The van der Waals surface area contributed by atoms with Crippen molar-refractivity contribution >= 4 is 76.7 Å². The predicted octanol–water partition coefficient (Wildman–Crippen LogP) is 10.5. The molecule has 0 unspecified atom stereocenters. The largest absolute Gasteiger partial charge is 0.308 e. The molecule has 0 saturated carbocycles. The number of fused-ring (bicyclic) bond motifs is 8. The summed E-state index contributed by atoms with van der Waals surface area (Å²) >= 11 is 2.47. The second-order valence-electron chi connectivity index (χ2n) is 10.2. The maximum Gasteiger partial charge on any atom is 0.0595 e. The zero-order valence-electron chi connectivity index (χ0n) is 20.4. The van der Waals surface area contributed by atoms with E-state index in [1.54, 1.807) is 0 Å². The third-order valence-electron chi connectivity index (χ3n) is 8.36. The molecule has 8 aromatic rings. The fraction of sp³-hybridized carbons (Fsp3) is 0. The van der Waals surface area contributed by atoms with Gasteiger partial charge in [-0.15, -0.1) is 0 Å². The van der Waals surface area contributed by atoms with Crippen LogP contribution in [0.15, 0.2) is 121 Å². The van der Waals surface area contributed by atoms with Crippen molar-refractivity contribution in [2.45, 2.75) is 0 Å². The van der Waals surface area contributed by atoms with Crippen LogP contribution in [0.4, 0.5) is 0 Å². The zero-order chi connectivity index (χ0) is 25.0. The van der Waals surface area contributed by atoms with Gasteiger partial charge in [-0.25, -0.2) is 0 Å². The van der Waals surface area contributed by atoms with E-state index in [1.165, 1.54) is 85.6 Å². The molecule has 176 valence electrons. The standard InChI is InChI=1S/C36H20IN/c37-28-16-5-6-17-29(28)38-30-18-8-15-27-34-25-13-4-2-11-23(25)22-10-1-3-12-24(22)33(34)26-14-7-9-21-19-20-31(38)36(32(21)26)35(27)30/h1-20H. The summed E-state index contributed by atoms with van der Waals surface area (Å²) in [5, 5.41) is 10.6. The van der Waals surface area contributed by atoms with Crippen LogP contribution in [0.3, 0.4) is 0 Å². The molecule has 1 aromatic heterocycles. The highest BCUT2D eigenvalue weighted by atomic mass is 127. The smallest absolute Gasteiger partial charge is 0.0595 e. The molecule has 0 fully saturated rings. The van der Waals surface area contributed by atoms with Crippen LogP contribution >= 0.6 is 22.6 Å².